The number of hydrogen-bond donors (Lipinski definition) is 1. The molecule has 1 aliphatic heterocycles. The predicted molar refractivity (Wildman–Crippen MR) is 108 cm³/mol. The fourth-order valence-corrected chi connectivity index (χ4v) is 5.30. The Morgan fingerprint density at radius 1 is 0.889 bits per heavy atom. The van der Waals surface area contributed by atoms with Crippen LogP contribution in [0.3, 0.4) is 0 Å². The normalized spacial score (nSPS) is 13.4. The van der Waals surface area contributed by atoms with Crippen LogP contribution in [0.4, 0.5) is 11.5 Å². The Labute approximate surface area is 158 Å². The van der Waals surface area contributed by atoms with Gasteiger partial charge in [-0.15, -0.1) is 0 Å². The van der Waals surface area contributed by atoms with Gasteiger partial charge in [-0.2, -0.15) is 0 Å². The van der Waals surface area contributed by atoms with E-state index in [1.165, 1.54) is 4.31 Å². The Balaban J connectivity index is 1.80. The van der Waals surface area contributed by atoms with Crippen LogP contribution in [0.15, 0.2) is 77.7 Å². The van der Waals surface area contributed by atoms with Gasteiger partial charge >= 0.3 is 0 Å². The van der Waals surface area contributed by atoms with Crippen molar-refractivity contribution in [3.63, 3.8) is 0 Å². The van der Waals surface area contributed by atoms with Crippen LogP contribution in [0.5, 0.6) is 0 Å². The van der Waals surface area contributed by atoms with Crippen LogP contribution in [0.25, 0.3) is 10.9 Å². The highest BCUT2D eigenvalue weighted by atomic mass is 32.2. The number of para-hydroxylation sites is 2. The summed E-state index contributed by atoms with van der Waals surface area (Å²) in [5, 5.41) is 1.06. The van der Waals surface area contributed by atoms with Crippen LogP contribution in [-0.4, -0.2) is 13.4 Å². The zero-order valence-electron chi connectivity index (χ0n) is 14.8. The molecule has 134 valence electrons. The van der Waals surface area contributed by atoms with E-state index in [0.29, 0.717) is 17.9 Å². The van der Waals surface area contributed by atoms with Crippen molar-refractivity contribution in [3.8, 4) is 0 Å². The van der Waals surface area contributed by atoms with E-state index in [-0.39, 0.29) is 4.90 Å². The highest BCUT2D eigenvalue weighted by Gasteiger charge is 2.35. The molecule has 1 aliphatic rings. The maximum Gasteiger partial charge on any atom is 0.269 e. The summed E-state index contributed by atoms with van der Waals surface area (Å²) in [6.07, 6.45) is 0.704. The van der Waals surface area contributed by atoms with Gasteiger partial charge in [0.2, 0.25) is 0 Å². The van der Waals surface area contributed by atoms with Gasteiger partial charge in [0.15, 0.2) is 0 Å². The van der Waals surface area contributed by atoms with Crippen molar-refractivity contribution in [2.75, 3.05) is 4.31 Å². The quantitative estimate of drug-likeness (QED) is 0.542. The Hall–Kier alpha value is -3.05. The van der Waals surface area contributed by atoms with Crippen molar-refractivity contribution in [1.29, 1.82) is 0 Å². The third-order valence-corrected chi connectivity index (χ3v) is 6.86. The van der Waals surface area contributed by atoms with Crippen LogP contribution in [0.2, 0.25) is 0 Å². The Kier molecular flexibility index (Phi) is 3.42. The Morgan fingerprint density at radius 3 is 2.41 bits per heavy atom. The molecule has 0 spiro atoms. The average Bonchev–Trinajstić information content (AvgIpc) is 3.04. The molecule has 3 aromatic carbocycles. The van der Waals surface area contributed by atoms with Gasteiger partial charge in [0.25, 0.3) is 10.0 Å². The largest absolute Gasteiger partial charge is 0.340 e. The molecule has 4 aromatic rings. The molecule has 5 heteroatoms. The molecule has 0 saturated carbocycles. The summed E-state index contributed by atoms with van der Waals surface area (Å²) in [5.41, 5.74) is 4.70. The van der Waals surface area contributed by atoms with Crippen molar-refractivity contribution < 1.29 is 8.42 Å². The molecule has 0 radical (unpaired) electrons. The second-order valence-corrected chi connectivity index (χ2v) is 8.67. The van der Waals surface area contributed by atoms with E-state index >= 15 is 0 Å². The summed E-state index contributed by atoms with van der Waals surface area (Å²) < 4.78 is 28.7. The number of nitrogens with one attached hydrogen (secondary N) is 1. The van der Waals surface area contributed by atoms with Crippen LogP contribution in [0, 0.1) is 6.92 Å². The summed E-state index contributed by atoms with van der Waals surface area (Å²) in [6, 6.07) is 22.7. The molecule has 0 fully saturated rings. The second kappa shape index (κ2) is 5.72. The minimum Gasteiger partial charge on any atom is -0.340 e. The van der Waals surface area contributed by atoms with Crippen molar-refractivity contribution in [1.82, 2.24) is 4.98 Å². The number of fused-ring (bicyclic) bond motifs is 4. The first-order valence-electron chi connectivity index (χ1n) is 8.85. The van der Waals surface area contributed by atoms with Crippen molar-refractivity contribution in [3.05, 3.63) is 89.5 Å². The average molecular weight is 374 g/mol. The predicted octanol–water partition coefficient (Wildman–Crippen LogP) is 4.91. The van der Waals surface area contributed by atoms with Crippen molar-refractivity contribution in [2.24, 2.45) is 0 Å². The molecule has 4 nitrogen and oxygen atoms in total. The molecule has 0 saturated heterocycles. The number of aryl methyl sites for hydroxylation is 1. The van der Waals surface area contributed by atoms with Crippen molar-refractivity contribution in [2.45, 2.75) is 18.2 Å². The van der Waals surface area contributed by atoms with E-state index in [0.717, 1.165) is 27.6 Å². The highest BCUT2D eigenvalue weighted by Crippen LogP contribution is 2.44. The third kappa shape index (κ3) is 2.39. The number of aromatic nitrogens is 1. The van der Waals surface area contributed by atoms with E-state index in [9.17, 15) is 8.42 Å². The smallest absolute Gasteiger partial charge is 0.269 e. The lowest BCUT2D eigenvalue weighted by Gasteiger charge is -2.30. The Morgan fingerprint density at radius 2 is 1.59 bits per heavy atom. The fraction of sp³-hybridized carbons (Fsp3) is 0.0909. The number of hydrogen-bond acceptors (Lipinski definition) is 2. The summed E-state index contributed by atoms with van der Waals surface area (Å²) in [6.45, 7) is 1.95. The highest BCUT2D eigenvalue weighted by molar-refractivity contribution is 7.93. The first kappa shape index (κ1) is 16.1. The van der Waals surface area contributed by atoms with Gasteiger partial charge < -0.3 is 4.98 Å². The molecule has 1 N–H and O–H groups in total. The molecular weight excluding hydrogens is 356 g/mol. The van der Waals surface area contributed by atoms with E-state index < -0.39 is 10.0 Å². The first-order chi connectivity index (χ1) is 13.1. The van der Waals surface area contributed by atoms with Gasteiger partial charge in [0.05, 0.1) is 10.6 Å². The maximum atomic E-state index is 13.6. The van der Waals surface area contributed by atoms with Crippen LogP contribution in [0.1, 0.15) is 16.7 Å². The molecule has 0 unspecified atom stereocenters. The number of anilines is 2. The number of benzene rings is 3. The van der Waals surface area contributed by atoms with Gasteiger partial charge in [-0.3, -0.25) is 0 Å². The number of H-pyrrole nitrogens is 1. The molecular formula is C22H18N2O2S. The molecule has 0 amide bonds. The topological polar surface area (TPSA) is 53.2 Å². The second-order valence-electron chi connectivity index (χ2n) is 6.89. The lowest BCUT2D eigenvalue weighted by atomic mass is 9.99. The summed E-state index contributed by atoms with van der Waals surface area (Å²) in [7, 11) is -3.75. The van der Waals surface area contributed by atoms with Gasteiger partial charge in [-0.25, -0.2) is 12.7 Å². The molecule has 0 aliphatic carbocycles. The minimum absolute atomic E-state index is 0.286. The van der Waals surface area contributed by atoms with Gasteiger partial charge in [0.1, 0.15) is 5.82 Å². The van der Waals surface area contributed by atoms with Crippen molar-refractivity contribution >= 4 is 32.4 Å². The molecule has 5 rings (SSSR count). The standard InChI is InChI=1S/C22H18N2O2S/c1-15-10-12-17(13-11-15)27(25,26)24-21-9-5-2-6-16(21)14-19-18-7-3-4-8-20(18)23-22(19)24/h2-13,23H,14H2,1H3. The maximum absolute atomic E-state index is 13.6. The lowest BCUT2D eigenvalue weighted by molar-refractivity contribution is 0.595. The third-order valence-electron chi connectivity index (χ3n) is 5.13. The van der Waals surface area contributed by atoms with Crippen LogP contribution in [-0.2, 0) is 16.4 Å². The van der Waals surface area contributed by atoms with E-state index in [1.54, 1.807) is 12.1 Å². The Bertz CT molecular complexity index is 1270. The zero-order valence-corrected chi connectivity index (χ0v) is 15.6. The molecule has 1 aromatic heterocycles. The molecule has 27 heavy (non-hydrogen) atoms. The monoisotopic (exact) mass is 374 g/mol. The molecule has 2 heterocycles. The summed E-state index contributed by atoms with van der Waals surface area (Å²) >= 11 is 0. The SMILES string of the molecule is Cc1ccc(S(=O)(=O)N2c3ccccc3Cc3c2[nH]c2ccccc32)cc1. The minimum atomic E-state index is -3.75. The lowest BCUT2D eigenvalue weighted by Crippen LogP contribution is -2.30. The molecule has 0 bridgehead atoms. The number of sulfonamides is 1. The summed E-state index contributed by atoms with van der Waals surface area (Å²) in [5.74, 6) is 0.635. The van der Waals surface area contributed by atoms with Gasteiger partial charge in [0, 0.05) is 22.9 Å². The van der Waals surface area contributed by atoms with E-state index in [1.807, 2.05) is 67.6 Å². The van der Waals surface area contributed by atoms with Gasteiger partial charge in [-0.05, 0) is 36.8 Å². The van der Waals surface area contributed by atoms with Crippen LogP contribution >= 0.6 is 0 Å². The van der Waals surface area contributed by atoms with E-state index in [2.05, 4.69) is 4.98 Å². The number of rotatable bonds is 2. The van der Waals surface area contributed by atoms with Gasteiger partial charge in [-0.1, -0.05) is 54.1 Å². The number of nitrogens with zero attached hydrogens (tertiary/aromatic N) is 1. The first-order valence-corrected chi connectivity index (χ1v) is 10.3. The zero-order chi connectivity index (χ0) is 18.6. The van der Waals surface area contributed by atoms with Crippen LogP contribution < -0.4 is 4.31 Å². The number of aromatic amines is 1. The molecule has 0 atom stereocenters. The summed E-state index contributed by atoms with van der Waals surface area (Å²) in [4.78, 5) is 3.63. The van der Waals surface area contributed by atoms with E-state index in [4.69, 9.17) is 0 Å². The fourth-order valence-electron chi connectivity index (χ4n) is 3.77.